The molecule has 17 heteroatoms. The van der Waals surface area contributed by atoms with E-state index in [0.717, 1.165) is 51.9 Å². The number of primary amides is 1. The summed E-state index contributed by atoms with van der Waals surface area (Å²) in [7, 11) is 1.44. The van der Waals surface area contributed by atoms with Gasteiger partial charge >= 0.3 is 0 Å². The molecule has 0 radical (unpaired) electrons. The predicted molar refractivity (Wildman–Crippen MR) is 211 cm³/mol. The molecule has 4 aliphatic heterocycles. The summed E-state index contributed by atoms with van der Waals surface area (Å²) < 4.78 is 25.9. The largest absolute Gasteiger partial charge is 0.496 e. The van der Waals surface area contributed by atoms with Crippen LogP contribution in [0.3, 0.4) is 0 Å². The number of nitrogens with two attached hydrogens (primary N) is 1. The summed E-state index contributed by atoms with van der Waals surface area (Å²) in [5.41, 5.74) is 6.97. The highest BCUT2D eigenvalue weighted by Gasteiger charge is 2.42. The zero-order chi connectivity index (χ0) is 41.0. The summed E-state index contributed by atoms with van der Waals surface area (Å²) in [6.45, 7) is 6.45. The van der Waals surface area contributed by atoms with Crippen LogP contribution in [0.2, 0.25) is 0 Å². The van der Waals surface area contributed by atoms with E-state index in [0.29, 0.717) is 48.2 Å². The van der Waals surface area contributed by atoms with E-state index in [2.05, 4.69) is 47.2 Å². The fraction of sp³-hybridized carbons (Fsp3) is 0.537. The number of amides is 4. The highest BCUT2D eigenvalue weighted by Crippen LogP contribution is 2.42. The maximum Gasteiger partial charge on any atom is 0.255 e. The molecule has 4 amide bonds. The van der Waals surface area contributed by atoms with Gasteiger partial charge in [0.2, 0.25) is 17.7 Å². The van der Waals surface area contributed by atoms with Crippen molar-refractivity contribution in [1.82, 2.24) is 35.4 Å². The van der Waals surface area contributed by atoms with Crippen LogP contribution in [0.25, 0.3) is 10.8 Å². The van der Waals surface area contributed by atoms with Gasteiger partial charge in [-0.05, 0) is 69.2 Å². The Morgan fingerprint density at radius 1 is 1.05 bits per heavy atom. The zero-order valence-corrected chi connectivity index (χ0v) is 32.8. The molecule has 2 aromatic heterocycles. The first-order valence-corrected chi connectivity index (χ1v) is 19.9. The number of anilines is 1. The van der Waals surface area contributed by atoms with Crippen LogP contribution in [-0.4, -0.2) is 138 Å². The second-order valence-electron chi connectivity index (χ2n) is 15.6. The molecule has 7 rings (SSSR count). The molecule has 4 fully saturated rings. The molecule has 4 atom stereocenters. The number of methoxy groups -OCH3 is 1. The lowest BCUT2D eigenvalue weighted by Crippen LogP contribution is -2.47. The number of aromatic nitrogens is 3. The van der Waals surface area contributed by atoms with Crippen LogP contribution < -0.4 is 30.7 Å². The van der Waals surface area contributed by atoms with E-state index in [4.69, 9.17) is 15.2 Å². The first-order valence-electron chi connectivity index (χ1n) is 19.9. The number of carbonyl (C=O) groups is 4. The molecule has 308 valence electrons. The number of aliphatic hydroxyl groups is 1. The molecule has 4 unspecified atom stereocenters. The van der Waals surface area contributed by atoms with E-state index < -0.39 is 42.0 Å². The number of pyridine rings is 1. The summed E-state index contributed by atoms with van der Waals surface area (Å²) in [6.07, 6.45) is 7.57. The molecule has 5 N–H and O–H groups in total. The molecule has 4 saturated heterocycles. The number of ether oxygens (including phenoxy) is 2. The van der Waals surface area contributed by atoms with Crippen molar-refractivity contribution < 1.29 is 38.1 Å². The Morgan fingerprint density at radius 3 is 2.43 bits per heavy atom. The van der Waals surface area contributed by atoms with Crippen molar-refractivity contribution in [3.05, 3.63) is 47.4 Å². The Kier molecular flexibility index (Phi) is 12.2. The number of rotatable bonds is 11. The number of piperidine rings is 2. The van der Waals surface area contributed by atoms with Gasteiger partial charge in [0.1, 0.15) is 12.4 Å². The third kappa shape index (κ3) is 8.77. The lowest BCUT2D eigenvalue weighted by Gasteiger charge is -2.46. The molecule has 1 spiro atoms. The molecule has 16 nitrogen and oxygen atoms in total. The van der Waals surface area contributed by atoms with Gasteiger partial charge in [-0.3, -0.25) is 24.1 Å². The Bertz CT molecular complexity index is 2090. The number of carbonyl (C=O) groups excluding carboxylic acids is 4. The van der Waals surface area contributed by atoms with Gasteiger partial charge in [0.05, 0.1) is 49.0 Å². The number of hydrogen-bond acceptors (Lipinski definition) is 12. The van der Waals surface area contributed by atoms with E-state index in [1.54, 1.807) is 23.2 Å². The van der Waals surface area contributed by atoms with Crippen molar-refractivity contribution in [2.75, 3.05) is 71.0 Å². The monoisotopic (exact) mass is 799 g/mol. The molecule has 0 aliphatic carbocycles. The number of aliphatic hydroxyl groups excluding tert-OH is 1. The molecule has 0 saturated carbocycles. The molecule has 1 aromatic carbocycles. The Hall–Kier alpha value is -5.60. The van der Waals surface area contributed by atoms with Gasteiger partial charge in [0, 0.05) is 61.5 Å². The topological polar surface area (TPSA) is 205 Å². The minimum Gasteiger partial charge on any atom is -0.496 e. The number of halogens is 1. The minimum absolute atomic E-state index is 0.0194. The smallest absolute Gasteiger partial charge is 0.255 e. The van der Waals surface area contributed by atoms with Crippen LogP contribution in [0, 0.1) is 23.2 Å². The Morgan fingerprint density at radius 2 is 1.78 bits per heavy atom. The average molecular weight is 800 g/mol. The van der Waals surface area contributed by atoms with Crippen LogP contribution in [-0.2, 0) is 9.59 Å². The van der Waals surface area contributed by atoms with Gasteiger partial charge in [-0.15, -0.1) is 0 Å². The number of hydrogen-bond donors (Lipinski definition) is 4. The number of alkyl halides is 1. The fourth-order valence-corrected chi connectivity index (χ4v) is 8.46. The van der Waals surface area contributed by atoms with Crippen molar-refractivity contribution in [3.8, 4) is 23.5 Å². The fourth-order valence-electron chi connectivity index (χ4n) is 8.46. The molecular formula is C41H50FN9O7. The number of benzene rings is 1. The first-order chi connectivity index (χ1) is 28.0. The summed E-state index contributed by atoms with van der Waals surface area (Å²) in [4.78, 5) is 68.7. The zero-order valence-electron chi connectivity index (χ0n) is 32.8. The highest BCUT2D eigenvalue weighted by atomic mass is 19.1. The van der Waals surface area contributed by atoms with Crippen LogP contribution in [0.5, 0.6) is 11.6 Å². The normalized spacial score (nSPS) is 23.0. The number of fused-ring (bicyclic) bond motifs is 1. The molecule has 6 heterocycles. The van der Waals surface area contributed by atoms with Crippen LogP contribution >= 0.6 is 0 Å². The molecular weight excluding hydrogens is 750 g/mol. The predicted octanol–water partition coefficient (Wildman–Crippen LogP) is 1.43. The lowest BCUT2D eigenvalue weighted by atomic mass is 9.71. The summed E-state index contributed by atoms with van der Waals surface area (Å²) in [5, 5.41) is 16.1. The van der Waals surface area contributed by atoms with Gasteiger partial charge in [0.15, 0.2) is 6.17 Å². The van der Waals surface area contributed by atoms with Crippen LogP contribution in [0.15, 0.2) is 30.7 Å². The second-order valence-corrected chi connectivity index (χ2v) is 15.6. The van der Waals surface area contributed by atoms with Crippen molar-refractivity contribution in [3.63, 3.8) is 0 Å². The van der Waals surface area contributed by atoms with Gasteiger partial charge in [-0.2, -0.15) is 0 Å². The summed E-state index contributed by atoms with van der Waals surface area (Å²) >= 11 is 0. The van der Waals surface area contributed by atoms with Gasteiger partial charge in [-0.1, -0.05) is 18.8 Å². The van der Waals surface area contributed by atoms with Crippen LogP contribution in [0.1, 0.15) is 71.7 Å². The van der Waals surface area contributed by atoms with Crippen molar-refractivity contribution in [1.29, 1.82) is 0 Å². The van der Waals surface area contributed by atoms with Gasteiger partial charge < -0.3 is 40.7 Å². The van der Waals surface area contributed by atoms with Crippen molar-refractivity contribution >= 4 is 40.3 Å². The molecule has 4 aliphatic rings. The third-order valence-corrected chi connectivity index (χ3v) is 12.1. The van der Waals surface area contributed by atoms with Crippen molar-refractivity contribution in [2.24, 2.45) is 17.1 Å². The maximum absolute atomic E-state index is 14.4. The number of likely N-dealkylation sites (tertiary alicyclic amines) is 2. The SMILES string of the molecule is CCC1C(COc2ncc(C#CCN3CCC4(CC3)CCN(c3ncc(C(=O)NCC(=O)N5CCC(O)C5)cn3)CC4)c3cc(C(N)=O)c(OC)cc23)NC(=O)C1F. The minimum atomic E-state index is -1.59. The van der Waals surface area contributed by atoms with E-state index >= 15 is 0 Å². The summed E-state index contributed by atoms with van der Waals surface area (Å²) in [6, 6.07) is 2.75. The highest BCUT2D eigenvalue weighted by molar-refractivity contribution is 6.03. The molecule has 58 heavy (non-hydrogen) atoms. The summed E-state index contributed by atoms with van der Waals surface area (Å²) in [5.74, 6) is 5.15. The Labute approximate surface area is 336 Å². The first kappa shape index (κ1) is 40.6. The molecule has 0 bridgehead atoms. The second kappa shape index (κ2) is 17.5. The maximum atomic E-state index is 14.4. The quantitative estimate of drug-likeness (QED) is 0.204. The van der Waals surface area contributed by atoms with Gasteiger partial charge in [0.25, 0.3) is 17.7 Å². The average Bonchev–Trinajstić information content (AvgIpc) is 3.80. The number of β-amino-alcohol motifs (C(OH)–C–C–N with tert-alkyl or cyclic N) is 1. The van der Waals surface area contributed by atoms with E-state index in [1.807, 2.05) is 6.92 Å². The lowest BCUT2D eigenvalue weighted by molar-refractivity contribution is -0.129. The number of nitrogens with one attached hydrogen (secondary N) is 2. The van der Waals surface area contributed by atoms with Crippen LogP contribution in [0.4, 0.5) is 10.3 Å². The Balaban J connectivity index is 0.926. The third-order valence-electron chi connectivity index (χ3n) is 12.1. The number of nitrogens with zero attached hydrogens (tertiary/aromatic N) is 6. The van der Waals surface area contributed by atoms with E-state index in [1.165, 1.54) is 19.5 Å². The van der Waals surface area contributed by atoms with Crippen molar-refractivity contribution in [2.45, 2.75) is 63.8 Å². The molecule has 3 aromatic rings. The standard InChI is InChI=1S/C41H50FN9O7/c1-3-28-32(48-38(56)35(28)42)24-58-39-30-18-33(57-2)31(36(43)54)17-29(30)25(19-45-39)5-4-11-49-13-7-41(8-14-49)9-15-50(16-10-41)40-46-20-26(21-47-40)37(55)44-22-34(53)51-12-6-27(52)23-51/h17-21,27-28,32,35,52H,3,6-16,22-24H2,1-2H3,(H2,43,54)(H,44,55)(H,48,56). The van der Waals surface area contributed by atoms with E-state index in [9.17, 15) is 28.7 Å². The van der Waals surface area contributed by atoms with E-state index in [-0.39, 0.29) is 53.8 Å². The van der Waals surface area contributed by atoms with Gasteiger partial charge in [-0.25, -0.2) is 19.3 Å².